The predicted molar refractivity (Wildman–Crippen MR) is 159 cm³/mol. The molecular formula is C33H50N4O3. The largest absolute Gasteiger partial charge is 0.442 e. The van der Waals surface area contributed by atoms with Crippen LogP contribution in [0.4, 0.5) is 10.5 Å². The van der Waals surface area contributed by atoms with E-state index in [-0.39, 0.29) is 17.6 Å². The number of carbonyl (C=O) groups excluding carboxylic acids is 2. The molecule has 2 amide bonds. The summed E-state index contributed by atoms with van der Waals surface area (Å²) in [6, 6.07) is 6.65. The number of rotatable bonds is 7. The molecule has 6 rings (SSSR count). The maximum absolute atomic E-state index is 13.4. The van der Waals surface area contributed by atoms with Gasteiger partial charge in [-0.2, -0.15) is 0 Å². The molecule has 1 saturated carbocycles. The van der Waals surface area contributed by atoms with Crippen molar-refractivity contribution < 1.29 is 14.3 Å². The van der Waals surface area contributed by atoms with E-state index in [1.54, 1.807) is 0 Å². The Balaban J connectivity index is 1.03. The van der Waals surface area contributed by atoms with E-state index in [9.17, 15) is 9.59 Å². The lowest BCUT2D eigenvalue weighted by atomic mass is 9.75. The van der Waals surface area contributed by atoms with Crippen LogP contribution < -0.4 is 5.32 Å². The van der Waals surface area contributed by atoms with E-state index in [4.69, 9.17) is 4.74 Å². The molecule has 5 aliphatic rings. The minimum absolute atomic E-state index is 0.0551. The zero-order valence-electron chi connectivity index (χ0n) is 24.7. The first-order valence-electron chi connectivity index (χ1n) is 16.4. The summed E-state index contributed by atoms with van der Waals surface area (Å²) in [5, 5.41) is 3.43. The number of hydrogen-bond acceptors (Lipinski definition) is 5. The van der Waals surface area contributed by atoms with Gasteiger partial charge in [-0.1, -0.05) is 51.2 Å². The average molecular weight is 551 g/mol. The highest BCUT2D eigenvalue weighted by atomic mass is 16.6. The van der Waals surface area contributed by atoms with Crippen molar-refractivity contribution in [1.82, 2.24) is 14.7 Å². The van der Waals surface area contributed by atoms with E-state index >= 15 is 0 Å². The van der Waals surface area contributed by atoms with Crippen LogP contribution in [0.3, 0.4) is 0 Å². The monoisotopic (exact) mass is 550 g/mol. The lowest BCUT2D eigenvalue weighted by Gasteiger charge is -2.52. The van der Waals surface area contributed by atoms with Gasteiger partial charge in [0, 0.05) is 70.6 Å². The third-order valence-corrected chi connectivity index (χ3v) is 10.8. The number of para-hydroxylation sites is 1. The molecule has 4 fully saturated rings. The second-order valence-electron chi connectivity index (χ2n) is 13.3. The average Bonchev–Trinajstić information content (AvgIpc) is 3.48. The molecule has 4 heterocycles. The van der Waals surface area contributed by atoms with Crippen molar-refractivity contribution in [3.63, 3.8) is 0 Å². The highest BCUT2D eigenvalue weighted by Gasteiger charge is 2.50. The Hall–Kier alpha value is -2.28. The predicted octanol–water partition coefficient (Wildman–Crippen LogP) is 5.93. The summed E-state index contributed by atoms with van der Waals surface area (Å²) < 4.78 is 6.45. The number of hydrogen-bond donors (Lipinski definition) is 1. The van der Waals surface area contributed by atoms with E-state index < -0.39 is 0 Å². The fourth-order valence-electron chi connectivity index (χ4n) is 8.36. The molecule has 1 unspecified atom stereocenters. The molecule has 1 N–H and O–H groups in total. The molecule has 7 heteroatoms. The third kappa shape index (κ3) is 5.73. The maximum atomic E-state index is 13.4. The molecule has 1 aromatic rings. The van der Waals surface area contributed by atoms with E-state index in [1.165, 1.54) is 50.5 Å². The van der Waals surface area contributed by atoms with Crippen LogP contribution in [0.2, 0.25) is 0 Å². The van der Waals surface area contributed by atoms with Crippen LogP contribution in [0.1, 0.15) is 99.9 Å². The van der Waals surface area contributed by atoms with Crippen molar-refractivity contribution in [2.45, 2.75) is 102 Å². The highest BCUT2D eigenvalue weighted by Crippen LogP contribution is 2.42. The summed E-state index contributed by atoms with van der Waals surface area (Å²) in [6.45, 7) is 8.59. The number of nitrogens with one attached hydrogen (secondary N) is 1. The summed E-state index contributed by atoms with van der Waals surface area (Å²) in [5.41, 5.74) is 2.86. The van der Waals surface area contributed by atoms with E-state index in [1.807, 2.05) is 12.1 Å². The summed E-state index contributed by atoms with van der Waals surface area (Å²) in [6.07, 6.45) is 14.9. The molecule has 1 atom stereocenters. The maximum Gasteiger partial charge on any atom is 0.410 e. The van der Waals surface area contributed by atoms with Gasteiger partial charge in [0.05, 0.1) is 11.3 Å². The van der Waals surface area contributed by atoms with Crippen molar-refractivity contribution in [2.24, 2.45) is 11.8 Å². The van der Waals surface area contributed by atoms with Crippen LogP contribution in [0.25, 0.3) is 0 Å². The number of amides is 2. The molecule has 1 aliphatic carbocycles. The minimum Gasteiger partial charge on any atom is -0.442 e. The van der Waals surface area contributed by atoms with Gasteiger partial charge in [0.2, 0.25) is 0 Å². The van der Waals surface area contributed by atoms with Gasteiger partial charge in [-0.05, 0) is 56.1 Å². The van der Waals surface area contributed by atoms with Crippen molar-refractivity contribution in [2.75, 3.05) is 51.1 Å². The molecule has 0 radical (unpaired) electrons. The Labute approximate surface area is 241 Å². The fraction of sp³-hybridized carbons (Fsp3) is 0.758. The van der Waals surface area contributed by atoms with Crippen LogP contribution >= 0.6 is 0 Å². The quantitative estimate of drug-likeness (QED) is 0.456. The molecule has 4 aliphatic heterocycles. The molecule has 3 saturated heterocycles. The van der Waals surface area contributed by atoms with Crippen LogP contribution in [-0.4, -0.2) is 84.2 Å². The number of likely N-dealkylation sites (tertiary alicyclic amines) is 2. The lowest BCUT2D eigenvalue weighted by Crippen LogP contribution is -2.61. The van der Waals surface area contributed by atoms with Gasteiger partial charge in [0.25, 0.3) is 5.91 Å². The molecule has 220 valence electrons. The zero-order chi connectivity index (χ0) is 27.5. The first-order valence-corrected chi connectivity index (χ1v) is 16.4. The number of carbonyl (C=O) groups is 2. The normalized spacial score (nSPS) is 26.0. The summed E-state index contributed by atoms with van der Waals surface area (Å²) in [4.78, 5) is 33.4. The second kappa shape index (κ2) is 12.3. The Bertz CT molecular complexity index is 1040. The summed E-state index contributed by atoms with van der Waals surface area (Å²) in [5.74, 6) is 1.27. The molecule has 1 spiro atoms. The number of anilines is 1. The highest BCUT2D eigenvalue weighted by molar-refractivity contribution is 6.00. The number of fused-ring (bicyclic) bond motifs is 1. The number of nitrogens with zero attached hydrogens (tertiary/aromatic N) is 3. The van der Waals surface area contributed by atoms with Crippen LogP contribution in [-0.2, 0) is 11.2 Å². The van der Waals surface area contributed by atoms with Gasteiger partial charge < -0.3 is 19.9 Å². The second-order valence-corrected chi connectivity index (χ2v) is 13.3. The first kappa shape index (κ1) is 27.9. The van der Waals surface area contributed by atoms with Crippen LogP contribution in [0.5, 0.6) is 0 Å². The van der Waals surface area contributed by atoms with Gasteiger partial charge in [-0.3, -0.25) is 9.69 Å². The standard InChI is InChI=1S/C33H50N4O3/c1-2-3-11-27-24-37(23-25-8-5-4-6-9-25)32(39)40-33(27)16-21-35(22-17-33)28-14-19-36(20-15-28)31(38)29-12-7-10-26-13-18-34-30(26)29/h7,10,12,25,27-28,34H,2-6,8-9,11,13-24H2,1H3. The Morgan fingerprint density at radius 2 is 1.82 bits per heavy atom. The molecular weight excluding hydrogens is 500 g/mol. The third-order valence-electron chi connectivity index (χ3n) is 10.8. The van der Waals surface area contributed by atoms with E-state index in [2.05, 4.69) is 33.0 Å². The Morgan fingerprint density at radius 3 is 2.58 bits per heavy atom. The molecule has 40 heavy (non-hydrogen) atoms. The van der Waals surface area contributed by atoms with Crippen molar-refractivity contribution in [3.8, 4) is 0 Å². The Kier molecular flexibility index (Phi) is 8.57. The van der Waals surface area contributed by atoms with E-state index in [0.717, 1.165) is 95.6 Å². The van der Waals surface area contributed by atoms with Gasteiger partial charge in [0.1, 0.15) is 5.60 Å². The number of ether oxygens (including phenoxy) is 1. The van der Waals surface area contributed by atoms with Gasteiger partial charge >= 0.3 is 6.09 Å². The van der Waals surface area contributed by atoms with Crippen LogP contribution in [0, 0.1) is 11.8 Å². The van der Waals surface area contributed by atoms with Gasteiger partial charge in [-0.15, -0.1) is 0 Å². The van der Waals surface area contributed by atoms with E-state index in [0.29, 0.717) is 17.9 Å². The molecule has 0 aromatic heterocycles. The fourth-order valence-corrected chi connectivity index (χ4v) is 8.36. The van der Waals surface area contributed by atoms with Gasteiger partial charge in [-0.25, -0.2) is 4.79 Å². The summed E-state index contributed by atoms with van der Waals surface area (Å²) >= 11 is 0. The Morgan fingerprint density at radius 1 is 1.05 bits per heavy atom. The zero-order valence-corrected chi connectivity index (χ0v) is 24.7. The molecule has 7 nitrogen and oxygen atoms in total. The SMILES string of the molecule is CCCCC1CN(CC2CCCCC2)C(=O)OC12CCN(C1CCN(C(=O)c3cccc4c3NCC4)CC1)CC2. The molecule has 0 bridgehead atoms. The minimum atomic E-state index is -0.289. The lowest BCUT2D eigenvalue weighted by molar-refractivity contribution is -0.127. The van der Waals surface area contributed by atoms with Crippen molar-refractivity contribution in [3.05, 3.63) is 29.3 Å². The van der Waals surface area contributed by atoms with Crippen molar-refractivity contribution in [1.29, 1.82) is 0 Å². The van der Waals surface area contributed by atoms with Gasteiger partial charge in [0.15, 0.2) is 0 Å². The number of piperidine rings is 2. The van der Waals surface area contributed by atoms with Crippen LogP contribution in [0.15, 0.2) is 18.2 Å². The summed E-state index contributed by atoms with van der Waals surface area (Å²) in [7, 11) is 0. The molecule has 1 aromatic carbocycles. The topological polar surface area (TPSA) is 65.1 Å². The van der Waals surface area contributed by atoms with Crippen molar-refractivity contribution >= 4 is 17.7 Å². The number of benzene rings is 1. The number of unbranched alkanes of at least 4 members (excludes halogenated alkanes) is 1. The first-order chi connectivity index (χ1) is 19.6. The smallest absolute Gasteiger partial charge is 0.410 e.